The van der Waals surface area contributed by atoms with E-state index in [0.717, 1.165) is 13.0 Å². The van der Waals surface area contributed by atoms with Crippen LogP contribution in [0.4, 0.5) is 0 Å². The lowest BCUT2D eigenvalue weighted by molar-refractivity contribution is -0.126. The van der Waals surface area contributed by atoms with Crippen molar-refractivity contribution in [3.63, 3.8) is 0 Å². The standard InChI is InChI=1S/C5H9NOS2/c1-6-3-2-4(9-8)5(6)7/h4,8H,2-3H2,1H3. The van der Waals surface area contributed by atoms with E-state index in [9.17, 15) is 4.79 Å². The van der Waals surface area contributed by atoms with Gasteiger partial charge >= 0.3 is 0 Å². The van der Waals surface area contributed by atoms with Crippen molar-refractivity contribution in [1.82, 2.24) is 4.90 Å². The van der Waals surface area contributed by atoms with Crippen molar-refractivity contribution in [2.75, 3.05) is 13.6 Å². The van der Waals surface area contributed by atoms with Gasteiger partial charge in [0, 0.05) is 13.6 Å². The molecule has 1 atom stereocenters. The van der Waals surface area contributed by atoms with Crippen molar-refractivity contribution in [1.29, 1.82) is 0 Å². The van der Waals surface area contributed by atoms with Gasteiger partial charge in [0.2, 0.25) is 5.91 Å². The van der Waals surface area contributed by atoms with E-state index in [0.29, 0.717) is 0 Å². The van der Waals surface area contributed by atoms with Gasteiger partial charge in [0.1, 0.15) is 0 Å². The van der Waals surface area contributed by atoms with E-state index in [2.05, 4.69) is 11.7 Å². The maximum atomic E-state index is 11.0. The number of thiol groups is 1. The van der Waals surface area contributed by atoms with Crippen LogP contribution in [0.15, 0.2) is 0 Å². The molecule has 0 aromatic carbocycles. The molecule has 1 aliphatic heterocycles. The summed E-state index contributed by atoms with van der Waals surface area (Å²) < 4.78 is 0. The minimum Gasteiger partial charge on any atom is -0.345 e. The maximum Gasteiger partial charge on any atom is 0.236 e. The number of likely N-dealkylation sites (tertiary alicyclic amines) is 1. The molecule has 1 amide bonds. The van der Waals surface area contributed by atoms with Gasteiger partial charge in [-0.05, 0) is 6.42 Å². The first-order valence-electron chi connectivity index (χ1n) is 2.81. The molecule has 0 spiro atoms. The molecule has 9 heavy (non-hydrogen) atoms. The lowest BCUT2D eigenvalue weighted by atomic mass is 10.4. The zero-order chi connectivity index (χ0) is 6.85. The SMILES string of the molecule is CN1CCC(SS)C1=O. The van der Waals surface area contributed by atoms with Crippen LogP contribution in [-0.4, -0.2) is 29.6 Å². The first-order chi connectivity index (χ1) is 4.25. The Balaban J connectivity index is 2.51. The molecular formula is C5H9NOS2. The van der Waals surface area contributed by atoms with Crippen LogP contribution in [-0.2, 0) is 4.79 Å². The second-order valence-corrected chi connectivity index (χ2v) is 3.55. The number of nitrogens with zero attached hydrogens (tertiary/aromatic N) is 1. The van der Waals surface area contributed by atoms with Gasteiger partial charge in [-0.2, -0.15) is 0 Å². The summed E-state index contributed by atoms with van der Waals surface area (Å²) in [6.45, 7) is 0.886. The van der Waals surface area contributed by atoms with Gasteiger partial charge in [-0.15, -0.1) is 11.7 Å². The third kappa shape index (κ3) is 1.35. The molecule has 0 N–H and O–H groups in total. The third-order valence-electron chi connectivity index (χ3n) is 1.51. The molecular weight excluding hydrogens is 154 g/mol. The van der Waals surface area contributed by atoms with E-state index in [1.807, 2.05) is 7.05 Å². The molecule has 1 fully saturated rings. The van der Waals surface area contributed by atoms with Crippen LogP contribution in [0.5, 0.6) is 0 Å². The summed E-state index contributed by atoms with van der Waals surface area (Å²) in [6.07, 6.45) is 0.948. The average Bonchev–Trinajstić information content (AvgIpc) is 2.15. The van der Waals surface area contributed by atoms with Crippen LogP contribution in [0.25, 0.3) is 0 Å². The number of hydrogen-bond acceptors (Lipinski definition) is 3. The Morgan fingerprint density at radius 3 is 2.78 bits per heavy atom. The van der Waals surface area contributed by atoms with E-state index in [1.54, 1.807) is 4.90 Å². The number of amides is 1. The number of hydrogen-bond donors (Lipinski definition) is 1. The predicted octanol–water partition coefficient (Wildman–Crippen LogP) is 0.795. The van der Waals surface area contributed by atoms with Gasteiger partial charge in [0.05, 0.1) is 5.25 Å². The number of rotatable bonds is 1. The normalized spacial score (nSPS) is 27.6. The van der Waals surface area contributed by atoms with Crippen molar-refractivity contribution in [3.05, 3.63) is 0 Å². The Bertz CT molecular complexity index is 128. The summed E-state index contributed by atoms with van der Waals surface area (Å²) in [5.74, 6) is 0.218. The summed E-state index contributed by atoms with van der Waals surface area (Å²) in [7, 11) is 3.17. The molecule has 0 aromatic heterocycles. The average molecular weight is 163 g/mol. The van der Waals surface area contributed by atoms with E-state index in [1.165, 1.54) is 10.8 Å². The van der Waals surface area contributed by atoms with Crippen LogP contribution in [0.1, 0.15) is 6.42 Å². The fourth-order valence-electron chi connectivity index (χ4n) is 0.888. The van der Waals surface area contributed by atoms with Crippen molar-refractivity contribution >= 4 is 28.4 Å². The third-order valence-corrected chi connectivity index (χ3v) is 2.96. The Morgan fingerprint density at radius 2 is 2.56 bits per heavy atom. The molecule has 1 rings (SSSR count). The van der Waals surface area contributed by atoms with E-state index in [4.69, 9.17) is 0 Å². The predicted molar refractivity (Wildman–Crippen MR) is 42.6 cm³/mol. The van der Waals surface area contributed by atoms with Gasteiger partial charge in [-0.3, -0.25) is 4.79 Å². The maximum absolute atomic E-state index is 11.0. The van der Waals surface area contributed by atoms with Crippen LogP contribution >= 0.6 is 22.5 Å². The van der Waals surface area contributed by atoms with Gasteiger partial charge < -0.3 is 4.90 Å². The molecule has 52 valence electrons. The number of carbonyl (C=O) groups is 1. The lowest BCUT2D eigenvalue weighted by Crippen LogP contribution is -2.23. The van der Waals surface area contributed by atoms with Crippen molar-refractivity contribution in [3.8, 4) is 0 Å². The molecule has 1 unspecified atom stereocenters. The zero-order valence-corrected chi connectivity index (χ0v) is 6.91. The molecule has 0 saturated carbocycles. The molecule has 2 nitrogen and oxygen atoms in total. The number of carbonyl (C=O) groups excluding carboxylic acids is 1. The van der Waals surface area contributed by atoms with E-state index < -0.39 is 0 Å². The Labute approximate surface area is 63.8 Å². The fourth-order valence-corrected chi connectivity index (χ4v) is 1.96. The molecule has 1 heterocycles. The summed E-state index contributed by atoms with van der Waals surface area (Å²) in [5, 5.41) is 0.110. The second-order valence-electron chi connectivity index (χ2n) is 2.14. The van der Waals surface area contributed by atoms with Crippen molar-refractivity contribution in [2.24, 2.45) is 0 Å². The summed E-state index contributed by atoms with van der Waals surface area (Å²) in [6, 6.07) is 0. The van der Waals surface area contributed by atoms with Gasteiger partial charge in [0.25, 0.3) is 0 Å². The highest BCUT2D eigenvalue weighted by Crippen LogP contribution is 2.24. The van der Waals surface area contributed by atoms with Gasteiger partial charge in [-0.25, -0.2) is 0 Å². The largest absolute Gasteiger partial charge is 0.345 e. The minimum atomic E-state index is 0.110. The Hall–Kier alpha value is 0.170. The Morgan fingerprint density at radius 1 is 1.89 bits per heavy atom. The summed E-state index contributed by atoms with van der Waals surface area (Å²) in [4.78, 5) is 12.7. The smallest absolute Gasteiger partial charge is 0.236 e. The molecule has 1 aliphatic rings. The highest BCUT2D eigenvalue weighted by Gasteiger charge is 2.28. The van der Waals surface area contributed by atoms with Crippen LogP contribution in [0.3, 0.4) is 0 Å². The minimum absolute atomic E-state index is 0.110. The first-order valence-corrected chi connectivity index (χ1v) is 4.74. The molecule has 4 heteroatoms. The van der Waals surface area contributed by atoms with Crippen LogP contribution in [0.2, 0.25) is 0 Å². The first kappa shape index (κ1) is 7.28. The molecule has 0 aliphatic carbocycles. The summed E-state index contributed by atoms with van der Waals surface area (Å²) in [5.41, 5.74) is 0. The topological polar surface area (TPSA) is 20.3 Å². The molecule has 1 saturated heterocycles. The van der Waals surface area contributed by atoms with Crippen molar-refractivity contribution < 1.29 is 4.79 Å². The van der Waals surface area contributed by atoms with Gasteiger partial charge in [-0.1, -0.05) is 10.8 Å². The van der Waals surface area contributed by atoms with Crippen LogP contribution in [0, 0.1) is 0 Å². The molecule has 0 bridgehead atoms. The van der Waals surface area contributed by atoms with Gasteiger partial charge in [0.15, 0.2) is 0 Å². The molecule has 0 aromatic rings. The zero-order valence-electron chi connectivity index (χ0n) is 5.20. The quantitative estimate of drug-likeness (QED) is 0.456. The molecule has 0 radical (unpaired) electrons. The highest BCUT2D eigenvalue weighted by atomic mass is 33.1. The van der Waals surface area contributed by atoms with Crippen molar-refractivity contribution in [2.45, 2.75) is 11.7 Å². The highest BCUT2D eigenvalue weighted by molar-refractivity contribution is 8.69. The van der Waals surface area contributed by atoms with E-state index in [-0.39, 0.29) is 11.2 Å². The van der Waals surface area contributed by atoms with Crippen LogP contribution < -0.4 is 0 Å². The summed E-state index contributed by atoms with van der Waals surface area (Å²) >= 11 is 3.98. The second kappa shape index (κ2) is 2.84. The monoisotopic (exact) mass is 163 g/mol. The Kier molecular flexibility index (Phi) is 2.29. The fraction of sp³-hybridized carbons (Fsp3) is 0.800. The van der Waals surface area contributed by atoms with E-state index >= 15 is 0 Å². The lowest BCUT2D eigenvalue weighted by Gasteiger charge is -2.06.